The Bertz CT molecular complexity index is 755. The van der Waals surface area contributed by atoms with Crippen LogP contribution in [0, 0.1) is 5.41 Å². The maximum absolute atomic E-state index is 13.1. The molecule has 1 saturated carbocycles. The van der Waals surface area contributed by atoms with Gasteiger partial charge in [-0.05, 0) is 55.4 Å². The minimum atomic E-state index is -0.745. The average Bonchev–Trinajstić information content (AvgIpc) is 3.27. The van der Waals surface area contributed by atoms with E-state index >= 15 is 0 Å². The maximum atomic E-state index is 13.1. The van der Waals surface area contributed by atoms with E-state index in [9.17, 15) is 19.5 Å². The number of carbonyl (C=O) groups is 3. The molecule has 3 N–H and O–H groups in total. The molecule has 2 aliphatic rings. The first-order valence-electron chi connectivity index (χ1n) is 10.4. The van der Waals surface area contributed by atoms with E-state index in [1.54, 1.807) is 0 Å². The fourth-order valence-electron chi connectivity index (χ4n) is 4.35. The summed E-state index contributed by atoms with van der Waals surface area (Å²) >= 11 is 0. The molecule has 1 saturated heterocycles. The second kappa shape index (κ2) is 8.95. The van der Waals surface area contributed by atoms with Gasteiger partial charge in [0.15, 0.2) is 5.78 Å². The highest BCUT2D eigenvalue weighted by atomic mass is 16.5. The van der Waals surface area contributed by atoms with Gasteiger partial charge >= 0.3 is 0 Å². The Labute approximate surface area is 171 Å². The number of phenolic OH excluding ortho intramolecular Hbond substituents is 1. The van der Waals surface area contributed by atoms with Gasteiger partial charge in [-0.3, -0.25) is 14.4 Å². The van der Waals surface area contributed by atoms with Crippen LogP contribution in [0.1, 0.15) is 62.7 Å². The first-order valence-corrected chi connectivity index (χ1v) is 10.4. The molecule has 1 aliphatic heterocycles. The summed E-state index contributed by atoms with van der Waals surface area (Å²) in [4.78, 5) is 37.9. The van der Waals surface area contributed by atoms with Crippen molar-refractivity contribution in [3.63, 3.8) is 0 Å². The number of Topliss-reactive ketones (excluding diaryl/α,β-unsaturated/α-hetero) is 1. The minimum Gasteiger partial charge on any atom is -0.508 e. The molecule has 1 heterocycles. The summed E-state index contributed by atoms with van der Waals surface area (Å²) in [5.74, 6) is -0.805. The zero-order valence-electron chi connectivity index (χ0n) is 17.1. The number of phenols is 1. The van der Waals surface area contributed by atoms with Gasteiger partial charge in [0.05, 0.1) is 6.10 Å². The topological polar surface area (TPSA) is 105 Å². The standard InChI is InChI=1S/C22H30N2O5/c1-3-18-19(17(26)13-29-18)24-21(28)16(12-22(2)10-4-5-11-22)23-20(27)14-6-8-15(25)9-7-14/h6-9,16,18-19,25H,3-5,10-13H2,1-2H3,(H,23,27)(H,24,28)/t16-,18-,19+/m0/s1. The normalized spacial score (nSPS) is 24.3. The van der Waals surface area contributed by atoms with Gasteiger partial charge in [0.1, 0.15) is 24.4 Å². The molecule has 0 bridgehead atoms. The zero-order valence-corrected chi connectivity index (χ0v) is 17.1. The number of nitrogens with one attached hydrogen (secondary N) is 2. The van der Waals surface area contributed by atoms with Crippen molar-refractivity contribution in [1.82, 2.24) is 10.6 Å². The van der Waals surface area contributed by atoms with Crippen LogP contribution in [0.3, 0.4) is 0 Å². The number of carbonyl (C=O) groups excluding carboxylic acids is 3. The smallest absolute Gasteiger partial charge is 0.251 e. The third-order valence-electron chi connectivity index (χ3n) is 6.12. The van der Waals surface area contributed by atoms with Crippen LogP contribution in [0.15, 0.2) is 24.3 Å². The molecule has 3 rings (SSSR count). The van der Waals surface area contributed by atoms with Crippen LogP contribution in [-0.4, -0.2) is 47.5 Å². The molecule has 0 spiro atoms. The number of benzene rings is 1. The monoisotopic (exact) mass is 402 g/mol. The predicted molar refractivity (Wildman–Crippen MR) is 108 cm³/mol. The molecule has 1 aromatic carbocycles. The molecule has 7 nitrogen and oxygen atoms in total. The van der Waals surface area contributed by atoms with Crippen molar-refractivity contribution in [2.75, 3.05) is 6.61 Å². The second-order valence-corrected chi connectivity index (χ2v) is 8.51. The van der Waals surface area contributed by atoms with E-state index in [1.165, 1.54) is 24.3 Å². The molecule has 2 amide bonds. The van der Waals surface area contributed by atoms with Gasteiger partial charge in [0.2, 0.25) is 5.91 Å². The summed E-state index contributed by atoms with van der Waals surface area (Å²) in [5.41, 5.74) is 0.341. The zero-order chi connectivity index (χ0) is 21.0. The quantitative estimate of drug-likeness (QED) is 0.649. The highest BCUT2D eigenvalue weighted by Gasteiger charge is 2.39. The molecule has 7 heteroatoms. The summed E-state index contributed by atoms with van der Waals surface area (Å²) in [5, 5.41) is 15.1. The Kier molecular flexibility index (Phi) is 6.57. The lowest BCUT2D eigenvalue weighted by Crippen LogP contribution is -2.54. The predicted octanol–water partition coefficient (Wildman–Crippen LogP) is 2.32. The van der Waals surface area contributed by atoms with Crippen LogP contribution < -0.4 is 10.6 Å². The lowest BCUT2D eigenvalue weighted by atomic mass is 9.81. The van der Waals surface area contributed by atoms with Crippen molar-refractivity contribution in [3.05, 3.63) is 29.8 Å². The summed E-state index contributed by atoms with van der Waals surface area (Å²) in [6.07, 6.45) is 5.05. The van der Waals surface area contributed by atoms with Gasteiger partial charge in [-0.15, -0.1) is 0 Å². The Morgan fingerprint density at radius 2 is 1.90 bits per heavy atom. The van der Waals surface area contributed by atoms with Crippen LogP contribution in [0.5, 0.6) is 5.75 Å². The van der Waals surface area contributed by atoms with Crippen molar-refractivity contribution >= 4 is 17.6 Å². The van der Waals surface area contributed by atoms with Crippen molar-refractivity contribution in [2.24, 2.45) is 5.41 Å². The fraction of sp³-hybridized carbons (Fsp3) is 0.591. The first kappa shape index (κ1) is 21.3. The number of ketones is 1. The molecule has 3 atom stereocenters. The molecule has 1 aliphatic carbocycles. The summed E-state index contributed by atoms with van der Waals surface area (Å²) in [7, 11) is 0. The summed E-state index contributed by atoms with van der Waals surface area (Å²) < 4.78 is 5.45. The third-order valence-corrected chi connectivity index (χ3v) is 6.12. The highest BCUT2D eigenvalue weighted by Crippen LogP contribution is 2.41. The van der Waals surface area contributed by atoms with E-state index in [-0.39, 0.29) is 41.5 Å². The second-order valence-electron chi connectivity index (χ2n) is 8.51. The highest BCUT2D eigenvalue weighted by molar-refractivity contribution is 5.99. The van der Waals surface area contributed by atoms with Gasteiger partial charge in [0.25, 0.3) is 5.91 Å². The molecule has 0 radical (unpaired) electrons. The molecule has 158 valence electrons. The Morgan fingerprint density at radius 3 is 2.52 bits per heavy atom. The maximum Gasteiger partial charge on any atom is 0.251 e. The van der Waals surface area contributed by atoms with Crippen molar-refractivity contribution < 1.29 is 24.2 Å². The summed E-state index contributed by atoms with van der Waals surface area (Å²) in [6, 6.07) is 4.48. The van der Waals surface area contributed by atoms with Crippen LogP contribution in [-0.2, 0) is 14.3 Å². The van der Waals surface area contributed by atoms with Crippen molar-refractivity contribution in [2.45, 2.75) is 70.6 Å². The molecular formula is C22H30N2O5. The lowest BCUT2D eigenvalue weighted by Gasteiger charge is -2.30. The van der Waals surface area contributed by atoms with E-state index in [0.717, 1.165) is 25.7 Å². The number of rotatable bonds is 7. The van der Waals surface area contributed by atoms with E-state index in [4.69, 9.17) is 4.74 Å². The largest absolute Gasteiger partial charge is 0.508 e. The van der Waals surface area contributed by atoms with Gasteiger partial charge in [0, 0.05) is 5.56 Å². The number of hydrogen-bond donors (Lipinski definition) is 3. The molecule has 2 fully saturated rings. The number of ether oxygens (including phenoxy) is 1. The van der Waals surface area contributed by atoms with Crippen LogP contribution in [0.2, 0.25) is 0 Å². The number of hydrogen-bond acceptors (Lipinski definition) is 5. The van der Waals surface area contributed by atoms with Crippen LogP contribution in [0.25, 0.3) is 0 Å². The minimum absolute atomic E-state index is 0.00566. The average molecular weight is 402 g/mol. The molecule has 0 aromatic heterocycles. The van der Waals surface area contributed by atoms with Crippen LogP contribution >= 0.6 is 0 Å². The molecule has 0 unspecified atom stereocenters. The number of aromatic hydroxyl groups is 1. The van der Waals surface area contributed by atoms with Crippen molar-refractivity contribution in [3.8, 4) is 5.75 Å². The molecular weight excluding hydrogens is 372 g/mol. The summed E-state index contributed by atoms with van der Waals surface area (Å²) in [6.45, 7) is 4.06. The molecule has 29 heavy (non-hydrogen) atoms. The van der Waals surface area contributed by atoms with E-state index in [1.807, 2.05) is 6.92 Å². The van der Waals surface area contributed by atoms with E-state index < -0.39 is 12.1 Å². The third kappa shape index (κ3) is 5.15. The van der Waals surface area contributed by atoms with Gasteiger partial charge in [-0.2, -0.15) is 0 Å². The Hall–Kier alpha value is -2.41. The van der Waals surface area contributed by atoms with Gasteiger partial charge < -0.3 is 20.5 Å². The first-order chi connectivity index (χ1) is 13.8. The SMILES string of the molecule is CC[C@@H]1OCC(=O)[C@H]1NC(=O)[C@H](CC1(C)CCCC1)NC(=O)c1ccc(O)cc1. The van der Waals surface area contributed by atoms with Gasteiger partial charge in [-0.25, -0.2) is 0 Å². The van der Waals surface area contributed by atoms with Crippen molar-refractivity contribution in [1.29, 1.82) is 0 Å². The Balaban J connectivity index is 1.74. The lowest BCUT2D eigenvalue weighted by molar-refractivity contribution is -0.128. The van der Waals surface area contributed by atoms with E-state index in [2.05, 4.69) is 17.6 Å². The fourth-order valence-corrected chi connectivity index (χ4v) is 4.35. The Morgan fingerprint density at radius 1 is 1.24 bits per heavy atom. The van der Waals surface area contributed by atoms with Crippen LogP contribution in [0.4, 0.5) is 0 Å². The molecule has 1 aromatic rings. The number of amides is 2. The van der Waals surface area contributed by atoms with E-state index in [0.29, 0.717) is 18.4 Å². The van der Waals surface area contributed by atoms with Gasteiger partial charge in [-0.1, -0.05) is 26.7 Å².